The van der Waals surface area contributed by atoms with Gasteiger partial charge in [-0.15, -0.1) is 0 Å². The Morgan fingerprint density at radius 3 is 2.38 bits per heavy atom. The number of nitrogens with one attached hydrogen (secondary N) is 2. The normalized spacial score (nSPS) is 17.2. The molecule has 2 amide bonds. The Balaban J connectivity index is 1.78. The van der Waals surface area contributed by atoms with Gasteiger partial charge in [-0.25, -0.2) is 0 Å². The molecule has 2 aromatic rings. The van der Waals surface area contributed by atoms with E-state index in [1.54, 1.807) is 24.3 Å². The second-order valence-electron chi connectivity index (χ2n) is 9.37. The van der Waals surface area contributed by atoms with Gasteiger partial charge in [0.25, 0.3) is 5.91 Å². The van der Waals surface area contributed by atoms with E-state index in [0.29, 0.717) is 5.56 Å². The summed E-state index contributed by atoms with van der Waals surface area (Å²) < 4.78 is 5.76. The number of carbonyl (C=O) groups is 2. The van der Waals surface area contributed by atoms with Crippen LogP contribution < -0.4 is 21.1 Å². The zero-order valence-electron chi connectivity index (χ0n) is 18.6. The van der Waals surface area contributed by atoms with E-state index in [2.05, 4.69) is 38.3 Å². The Morgan fingerprint density at radius 1 is 1.16 bits per heavy atom. The second kappa shape index (κ2) is 8.81. The lowest BCUT2D eigenvalue weighted by atomic mass is 9.79. The molecule has 32 heavy (non-hydrogen) atoms. The number of nitrogens with zero attached hydrogens (tertiary/aromatic N) is 1. The summed E-state index contributed by atoms with van der Waals surface area (Å²) in [6.07, 6.45) is 1.62. The topological polar surface area (TPSA) is 117 Å². The molecule has 0 bridgehead atoms. The van der Waals surface area contributed by atoms with Gasteiger partial charge in [-0.05, 0) is 70.9 Å². The smallest absolute Gasteiger partial charge is 0.251 e. The molecule has 0 spiro atoms. The van der Waals surface area contributed by atoms with Crippen molar-refractivity contribution in [2.45, 2.75) is 57.7 Å². The highest BCUT2D eigenvalue weighted by atomic mass is 35.5. The van der Waals surface area contributed by atoms with Crippen molar-refractivity contribution in [3.8, 4) is 17.6 Å². The zero-order valence-corrected chi connectivity index (χ0v) is 19.3. The number of carbonyl (C=O) groups excluding carboxylic acids is 2. The minimum Gasteiger partial charge on any atom is -0.454 e. The molecule has 168 valence electrons. The number of primary amides is 1. The van der Waals surface area contributed by atoms with Crippen molar-refractivity contribution in [3.63, 3.8) is 0 Å². The fraction of sp³-hybridized carbons (Fsp3) is 0.375. The van der Waals surface area contributed by atoms with Crippen LogP contribution in [0.15, 0.2) is 36.4 Å². The lowest BCUT2D eigenvalue weighted by Crippen LogP contribution is -2.62. The molecule has 1 saturated heterocycles. The number of amides is 2. The van der Waals surface area contributed by atoms with Gasteiger partial charge in [-0.3, -0.25) is 9.59 Å². The van der Waals surface area contributed by atoms with Crippen molar-refractivity contribution in [2.24, 2.45) is 5.73 Å². The average molecular weight is 455 g/mol. The number of benzene rings is 2. The van der Waals surface area contributed by atoms with E-state index in [4.69, 9.17) is 22.1 Å². The van der Waals surface area contributed by atoms with E-state index in [-0.39, 0.29) is 50.7 Å². The van der Waals surface area contributed by atoms with Gasteiger partial charge in [-0.1, -0.05) is 17.7 Å². The minimum atomic E-state index is -0.727. The van der Waals surface area contributed by atoms with Crippen LogP contribution in [0, 0.1) is 11.3 Å². The first kappa shape index (κ1) is 23.6. The molecule has 1 fully saturated rings. The Labute approximate surface area is 192 Å². The average Bonchev–Trinajstić information content (AvgIpc) is 2.66. The van der Waals surface area contributed by atoms with Crippen LogP contribution in [0.25, 0.3) is 0 Å². The summed E-state index contributed by atoms with van der Waals surface area (Å²) in [5.74, 6) is -0.535. The molecule has 0 aliphatic carbocycles. The third-order valence-corrected chi connectivity index (χ3v) is 5.64. The summed E-state index contributed by atoms with van der Waals surface area (Å²) in [5.41, 5.74) is 5.63. The van der Waals surface area contributed by atoms with Gasteiger partial charge < -0.3 is 21.1 Å². The number of hydrogen-bond acceptors (Lipinski definition) is 5. The third kappa shape index (κ3) is 5.39. The first-order valence-corrected chi connectivity index (χ1v) is 10.7. The largest absolute Gasteiger partial charge is 0.454 e. The van der Waals surface area contributed by atoms with Crippen molar-refractivity contribution in [1.29, 1.82) is 5.26 Å². The Morgan fingerprint density at radius 2 is 1.81 bits per heavy atom. The molecule has 2 aromatic carbocycles. The zero-order chi connectivity index (χ0) is 23.7. The van der Waals surface area contributed by atoms with E-state index in [0.717, 1.165) is 12.8 Å². The number of hydrogen-bond donors (Lipinski definition) is 3. The van der Waals surface area contributed by atoms with E-state index in [9.17, 15) is 14.9 Å². The molecular formula is C24H27ClN4O3. The highest BCUT2D eigenvalue weighted by Gasteiger charge is 2.38. The monoisotopic (exact) mass is 454 g/mol. The number of piperidine rings is 1. The Kier molecular flexibility index (Phi) is 6.49. The first-order chi connectivity index (χ1) is 14.9. The highest BCUT2D eigenvalue weighted by Crippen LogP contribution is 2.33. The summed E-state index contributed by atoms with van der Waals surface area (Å²) in [7, 11) is 0. The lowest BCUT2D eigenvalue weighted by molar-refractivity contribution is 0.0872. The van der Waals surface area contributed by atoms with E-state index < -0.39 is 5.91 Å². The SMILES string of the molecule is CC1(C)CC(NC(=O)c2ccc(Oc3cccc(C(N)=O)c3C#N)c(Cl)c2)CC(C)(C)N1. The molecule has 4 N–H and O–H groups in total. The van der Waals surface area contributed by atoms with E-state index in [1.807, 2.05) is 6.07 Å². The molecule has 1 heterocycles. The molecule has 1 aliphatic rings. The summed E-state index contributed by atoms with van der Waals surface area (Å²) in [4.78, 5) is 24.4. The molecule has 0 radical (unpaired) electrons. The Hall–Kier alpha value is -3.08. The number of nitrogens with two attached hydrogens (primary N) is 1. The van der Waals surface area contributed by atoms with Crippen molar-refractivity contribution < 1.29 is 14.3 Å². The number of nitriles is 1. The lowest BCUT2D eigenvalue weighted by Gasteiger charge is -2.46. The van der Waals surface area contributed by atoms with Gasteiger partial charge in [0.05, 0.1) is 10.6 Å². The highest BCUT2D eigenvalue weighted by molar-refractivity contribution is 6.32. The van der Waals surface area contributed by atoms with Crippen LogP contribution in [-0.4, -0.2) is 28.9 Å². The second-order valence-corrected chi connectivity index (χ2v) is 9.78. The number of rotatable bonds is 5. The molecule has 0 saturated carbocycles. The molecule has 3 rings (SSSR count). The molecular weight excluding hydrogens is 428 g/mol. The summed E-state index contributed by atoms with van der Waals surface area (Å²) in [5, 5.41) is 16.3. The van der Waals surface area contributed by atoms with Crippen LogP contribution in [0.5, 0.6) is 11.5 Å². The predicted molar refractivity (Wildman–Crippen MR) is 123 cm³/mol. The van der Waals surface area contributed by atoms with E-state index >= 15 is 0 Å². The van der Waals surface area contributed by atoms with Gasteiger partial charge in [0, 0.05) is 22.7 Å². The van der Waals surface area contributed by atoms with Crippen LogP contribution in [0.4, 0.5) is 0 Å². The van der Waals surface area contributed by atoms with Crippen LogP contribution in [-0.2, 0) is 0 Å². The van der Waals surface area contributed by atoms with Crippen molar-refractivity contribution in [3.05, 3.63) is 58.1 Å². The maximum Gasteiger partial charge on any atom is 0.251 e. The van der Waals surface area contributed by atoms with Gasteiger partial charge >= 0.3 is 0 Å². The first-order valence-electron chi connectivity index (χ1n) is 10.3. The molecule has 1 aliphatic heterocycles. The van der Waals surface area contributed by atoms with Crippen LogP contribution in [0.3, 0.4) is 0 Å². The van der Waals surface area contributed by atoms with Crippen LogP contribution >= 0.6 is 11.6 Å². The fourth-order valence-electron chi connectivity index (χ4n) is 4.47. The van der Waals surface area contributed by atoms with Crippen LogP contribution in [0.2, 0.25) is 5.02 Å². The van der Waals surface area contributed by atoms with Crippen molar-refractivity contribution in [2.75, 3.05) is 0 Å². The maximum atomic E-state index is 12.9. The molecule has 0 aromatic heterocycles. The van der Waals surface area contributed by atoms with Gasteiger partial charge in [0.2, 0.25) is 5.91 Å². The maximum absolute atomic E-state index is 12.9. The van der Waals surface area contributed by atoms with Crippen LogP contribution in [0.1, 0.15) is 66.8 Å². The third-order valence-electron chi connectivity index (χ3n) is 5.34. The van der Waals surface area contributed by atoms with Crippen molar-refractivity contribution >= 4 is 23.4 Å². The number of halogens is 1. The Bertz CT molecular complexity index is 1090. The minimum absolute atomic E-state index is 0.0222. The summed E-state index contributed by atoms with van der Waals surface area (Å²) in [6, 6.07) is 11.2. The van der Waals surface area contributed by atoms with Gasteiger partial charge in [-0.2, -0.15) is 5.26 Å². The number of ether oxygens (including phenoxy) is 1. The summed E-state index contributed by atoms with van der Waals surface area (Å²) >= 11 is 6.37. The summed E-state index contributed by atoms with van der Waals surface area (Å²) in [6.45, 7) is 8.50. The standard InChI is InChI=1S/C24H27ClN4O3/c1-23(2)11-15(12-24(3,4)29-23)28-22(31)14-8-9-20(18(25)10-14)32-19-7-5-6-16(21(27)30)17(19)13-26/h5-10,15,29H,11-12H2,1-4H3,(H2,27,30)(H,28,31). The molecule has 8 heteroatoms. The molecule has 0 atom stereocenters. The van der Waals surface area contributed by atoms with E-state index in [1.165, 1.54) is 12.1 Å². The van der Waals surface area contributed by atoms with Crippen molar-refractivity contribution in [1.82, 2.24) is 10.6 Å². The molecule has 7 nitrogen and oxygen atoms in total. The van der Waals surface area contributed by atoms with Gasteiger partial charge in [0.15, 0.2) is 0 Å². The quantitative estimate of drug-likeness (QED) is 0.627. The predicted octanol–water partition coefficient (Wildman–Crippen LogP) is 4.14. The fourth-order valence-corrected chi connectivity index (χ4v) is 4.69. The molecule has 0 unspecified atom stereocenters. The van der Waals surface area contributed by atoms with Gasteiger partial charge in [0.1, 0.15) is 23.1 Å².